The van der Waals surface area contributed by atoms with Crippen molar-refractivity contribution in [3.05, 3.63) is 15.9 Å². The lowest BCUT2D eigenvalue weighted by Crippen LogP contribution is -2.21. The van der Waals surface area contributed by atoms with Gasteiger partial charge in [0.05, 0.1) is 23.0 Å². The Morgan fingerprint density at radius 1 is 1.56 bits per heavy atom. The van der Waals surface area contributed by atoms with E-state index >= 15 is 0 Å². The molecule has 1 heterocycles. The Hall–Kier alpha value is -0.880. The van der Waals surface area contributed by atoms with Gasteiger partial charge in [0.25, 0.3) is 0 Å². The van der Waals surface area contributed by atoms with Crippen LogP contribution in [0.4, 0.5) is 0 Å². The molecule has 5 nitrogen and oxygen atoms in total. The molecule has 0 bridgehead atoms. The van der Waals surface area contributed by atoms with Crippen molar-refractivity contribution in [3.63, 3.8) is 0 Å². The molecule has 0 saturated carbocycles. The number of carbonyl (C=O) groups excluding carboxylic acids is 1. The number of rotatable bonds is 6. The molecule has 1 rings (SSSR count). The largest absolute Gasteiger partial charge is 0.469 e. The SMILES string of the molecule is COC(=O)CCCN(C)Cc1c(Br)c(C)nn1C. The summed E-state index contributed by atoms with van der Waals surface area (Å²) in [5.74, 6) is -0.152. The molecule has 0 amide bonds. The molecule has 0 saturated heterocycles. The lowest BCUT2D eigenvalue weighted by atomic mass is 10.3. The van der Waals surface area contributed by atoms with Crippen LogP contribution in [0.3, 0.4) is 0 Å². The fourth-order valence-electron chi connectivity index (χ4n) is 1.78. The highest BCUT2D eigenvalue weighted by Crippen LogP contribution is 2.21. The Bertz CT molecular complexity index is 418. The molecule has 0 spiro atoms. The fraction of sp³-hybridized carbons (Fsp3) is 0.667. The first-order valence-electron chi connectivity index (χ1n) is 5.89. The molecular formula is C12H20BrN3O2. The van der Waals surface area contributed by atoms with Crippen LogP contribution in [0.1, 0.15) is 24.2 Å². The van der Waals surface area contributed by atoms with Gasteiger partial charge in [-0.3, -0.25) is 9.48 Å². The van der Waals surface area contributed by atoms with Crippen LogP contribution in [0.2, 0.25) is 0 Å². The van der Waals surface area contributed by atoms with Gasteiger partial charge in [-0.1, -0.05) is 0 Å². The highest BCUT2D eigenvalue weighted by atomic mass is 79.9. The average molecular weight is 318 g/mol. The maximum Gasteiger partial charge on any atom is 0.305 e. The molecule has 0 aliphatic heterocycles. The van der Waals surface area contributed by atoms with Gasteiger partial charge >= 0.3 is 5.97 Å². The second-order valence-corrected chi connectivity index (χ2v) is 5.18. The van der Waals surface area contributed by atoms with Crippen LogP contribution in [0.5, 0.6) is 0 Å². The summed E-state index contributed by atoms with van der Waals surface area (Å²) in [4.78, 5) is 13.2. The minimum Gasteiger partial charge on any atom is -0.469 e. The third kappa shape index (κ3) is 4.10. The summed E-state index contributed by atoms with van der Waals surface area (Å²) in [7, 11) is 5.39. The molecule has 0 aliphatic rings. The van der Waals surface area contributed by atoms with Crippen molar-refractivity contribution in [1.29, 1.82) is 0 Å². The van der Waals surface area contributed by atoms with Gasteiger partial charge in [-0.25, -0.2) is 0 Å². The number of hydrogen-bond acceptors (Lipinski definition) is 4. The van der Waals surface area contributed by atoms with Crippen LogP contribution < -0.4 is 0 Å². The fourth-order valence-corrected chi connectivity index (χ4v) is 2.24. The zero-order chi connectivity index (χ0) is 13.7. The van der Waals surface area contributed by atoms with E-state index in [1.54, 1.807) is 0 Å². The lowest BCUT2D eigenvalue weighted by Gasteiger charge is -2.16. The Morgan fingerprint density at radius 3 is 2.72 bits per heavy atom. The first-order valence-corrected chi connectivity index (χ1v) is 6.68. The first-order chi connectivity index (χ1) is 8.45. The molecule has 0 aromatic carbocycles. The molecule has 6 heteroatoms. The van der Waals surface area contributed by atoms with E-state index in [4.69, 9.17) is 0 Å². The van der Waals surface area contributed by atoms with Crippen molar-refractivity contribution in [2.24, 2.45) is 7.05 Å². The van der Waals surface area contributed by atoms with Crippen LogP contribution in [0, 0.1) is 6.92 Å². The molecule has 0 atom stereocenters. The number of halogens is 1. The quantitative estimate of drug-likeness (QED) is 0.752. The van der Waals surface area contributed by atoms with Gasteiger partial charge in [-0.2, -0.15) is 5.10 Å². The van der Waals surface area contributed by atoms with Crippen LogP contribution in [-0.2, 0) is 23.1 Å². The third-order valence-electron chi connectivity index (χ3n) is 2.83. The summed E-state index contributed by atoms with van der Waals surface area (Å²) in [6.07, 6.45) is 1.27. The zero-order valence-electron chi connectivity index (χ0n) is 11.4. The van der Waals surface area contributed by atoms with E-state index in [1.807, 2.05) is 25.7 Å². The van der Waals surface area contributed by atoms with E-state index in [1.165, 1.54) is 7.11 Å². The number of nitrogens with zero attached hydrogens (tertiary/aromatic N) is 3. The number of ether oxygens (including phenoxy) is 1. The van der Waals surface area contributed by atoms with Crippen molar-refractivity contribution < 1.29 is 9.53 Å². The van der Waals surface area contributed by atoms with E-state index < -0.39 is 0 Å². The van der Waals surface area contributed by atoms with E-state index in [-0.39, 0.29) is 5.97 Å². The van der Waals surface area contributed by atoms with Gasteiger partial charge in [0.15, 0.2) is 0 Å². The number of methoxy groups -OCH3 is 1. The van der Waals surface area contributed by atoms with Gasteiger partial charge in [0.1, 0.15) is 0 Å². The van der Waals surface area contributed by atoms with Crippen LogP contribution in [0.25, 0.3) is 0 Å². The maximum atomic E-state index is 11.0. The van der Waals surface area contributed by atoms with E-state index in [9.17, 15) is 4.79 Å². The predicted molar refractivity (Wildman–Crippen MR) is 73.2 cm³/mol. The van der Waals surface area contributed by atoms with Crippen molar-refractivity contribution in [2.75, 3.05) is 20.7 Å². The van der Waals surface area contributed by atoms with Crippen LogP contribution in [0.15, 0.2) is 4.47 Å². The topological polar surface area (TPSA) is 47.4 Å². The third-order valence-corrected chi connectivity index (χ3v) is 3.86. The van der Waals surface area contributed by atoms with Gasteiger partial charge in [0.2, 0.25) is 0 Å². The molecule has 18 heavy (non-hydrogen) atoms. The van der Waals surface area contributed by atoms with Gasteiger partial charge in [-0.05, 0) is 42.9 Å². The smallest absolute Gasteiger partial charge is 0.305 e. The van der Waals surface area contributed by atoms with E-state index in [0.717, 1.165) is 35.4 Å². The van der Waals surface area contributed by atoms with E-state index in [0.29, 0.717) is 6.42 Å². The Kier molecular flexibility index (Phi) is 5.81. The Balaban J connectivity index is 2.44. The lowest BCUT2D eigenvalue weighted by molar-refractivity contribution is -0.140. The second-order valence-electron chi connectivity index (χ2n) is 4.39. The number of hydrogen-bond donors (Lipinski definition) is 0. The number of aromatic nitrogens is 2. The summed E-state index contributed by atoms with van der Waals surface area (Å²) in [6.45, 7) is 3.63. The molecule has 0 fully saturated rings. The van der Waals surface area contributed by atoms with Crippen LogP contribution >= 0.6 is 15.9 Å². The standard InChI is InChI=1S/C12H20BrN3O2/c1-9-12(13)10(16(3)14-9)8-15(2)7-5-6-11(17)18-4/h5-8H2,1-4H3. The second kappa shape index (κ2) is 6.89. The summed E-state index contributed by atoms with van der Waals surface area (Å²) < 4.78 is 7.56. The predicted octanol–water partition coefficient (Wildman–Crippen LogP) is 1.88. The monoisotopic (exact) mass is 317 g/mol. The van der Waals surface area contributed by atoms with Gasteiger partial charge in [-0.15, -0.1) is 0 Å². The van der Waals surface area contributed by atoms with Crippen molar-refractivity contribution in [1.82, 2.24) is 14.7 Å². The van der Waals surface area contributed by atoms with E-state index in [2.05, 4.69) is 30.7 Å². The number of esters is 1. The minimum absolute atomic E-state index is 0.152. The van der Waals surface area contributed by atoms with Crippen molar-refractivity contribution in [3.8, 4) is 0 Å². The molecule has 1 aromatic heterocycles. The Morgan fingerprint density at radius 2 is 2.22 bits per heavy atom. The average Bonchev–Trinajstić information content (AvgIpc) is 2.56. The highest BCUT2D eigenvalue weighted by Gasteiger charge is 2.12. The zero-order valence-corrected chi connectivity index (χ0v) is 13.0. The molecule has 0 radical (unpaired) electrons. The summed E-state index contributed by atoms with van der Waals surface area (Å²) >= 11 is 3.55. The molecule has 0 aliphatic carbocycles. The Labute approximate surface area is 116 Å². The van der Waals surface area contributed by atoms with Gasteiger partial charge in [0, 0.05) is 20.0 Å². The summed E-state index contributed by atoms with van der Waals surface area (Å²) in [5.41, 5.74) is 2.14. The summed E-state index contributed by atoms with van der Waals surface area (Å²) in [6, 6.07) is 0. The first kappa shape index (κ1) is 15.2. The molecule has 0 unspecified atom stereocenters. The minimum atomic E-state index is -0.152. The highest BCUT2D eigenvalue weighted by molar-refractivity contribution is 9.10. The molecular weight excluding hydrogens is 298 g/mol. The summed E-state index contributed by atoms with van der Waals surface area (Å²) in [5, 5.41) is 4.35. The number of carbonyl (C=O) groups is 1. The van der Waals surface area contributed by atoms with Crippen LogP contribution in [-0.4, -0.2) is 41.4 Å². The van der Waals surface area contributed by atoms with Crippen molar-refractivity contribution >= 4 is 21.9 Å². The normalized spacial score (nSPS) is 11.0. The van der Waals surface area contributed by atoms with Gasteiger partial charge < -0.3 is 9.64 Å². The molecule has 1 aromatic rings. The molecule has 0 N–H and O–H groups in total. The van der Waals surface area contributed by atoms with Crippen molar-refractivity contribution in [2.45, 2.75) is 26.3 Å². The molecule has 102 valence electrons. The maximum absolute atomic E-state index is 11.0. The number of aryl methyl sites for hydroxylation is 2.